The van der Waals surface area contributed by atoms with E-state index < -0.39 is 29.9 Å². The summed E-state index contributed by atoms with van der Waals surface area (Å²) < 4.78 is 4.95. The average molecular weight is 379 g/mol. The highest BCUT2D eigenvalue weighted by Crippen LogP contribution is 2.15. The molecule has 0 atom stereocenters. The molecule has 0 aliphatic heterocycles. The summed E-state index contributed by atoms with van der Waals surface area (Å²) in [5.74, 6) is -2.04. The van der Waals surface area contributed by atoms with Crippen molar-refractivity contribution in [2.75, 3.05) is 6.61 Å². The highest BCUT2D eigenvalue weighted by Gasteiger charge is 2.15. The van der Waals surface area contributed by atoms with Gasteiger partial charge in [0, 0.05) is 22.5 Å². The number of rotatable bonds is 4. The third-order valence-electron chi connectivity index (χ3n) is 3.93. The number of para-hydroxylation sites is 1. The molecule has 0 spiro atoms. The molecule has 2 amide bonds. The molecule has 0 saturated heterocycles. The monoisotopic (exact) mass is 379 g/mol. The number of H-pyrrole nitrogens is 1. The van der Waals surface area contributed by atoms with Crippen LogP contribution in [-0.4, -0.2) is 29.4 Å². The van der Waals surface area contributed by atoms with Crippen molar-refractivity contribution in [3.05, 3.63) is 81.6 Å². The van der Waals surface area contributed by atoms with Gasteiger partial charge in [0.05, 0.1) is 5.56 Å². The van der Waals surface area contributed by atoms with Gasteiger partial charge in [-0.15, -0.1) is 0 Å². The molecule has 8 heteroatoms. The van der Waals surface area contributed by atoms with E-state index in [9.17, 15) is 19.2 Å². The number of aromatic nitrogens is 1. The molecule has 0 unspecified atom stereocenters. The van der Waals surface area contributed by atoms with Gasteiger partial charge in [0.1, 0.15) is 0 Å². The zero-order valence-corrected chi connectivity index (χ0v) is 14.9. The summed E-state index contributed by atoms with van der Waals surface area (Å²) in [6, 6.07) is 14.6. The molecular formula is C20H17N3O5. The lowest BCUT2D eigenvalue weighted by Gasteiger charge is -2.09. The van der Waals surface area contributed by atoms with E-state index in [2.05, 4.69) is 15.8 Å². The molecule has 8 nitrogen and oxygen atoms in total. The van der Waals surface area contributed by atoms with Crippen LogP contribution < -0.4 is 16.4 Å². The van der Waals surface area contributed by atoms with Crippen molar-refractivity contribution in [2.45, 2.75) is 6.92 Å². The summed E-state index contributed by atoms with van der Waals surface area (Å²) in [6.45, 7) is 1.27. The maximum absolute atomic E-state index is 12.3. The minimum atomic E-state index is -0.817. The summed E-state index contributed by atoms with van der Waals surface area (Å²) in [4.78, 5) is 50.3. The van der Waals surface area contributed by atoms with Crippen LogP contribution in [0.2, 0.25) is 0 Å². The minimum Gasteiger partial charge on any atom is -0.452 e. The standard InChI is InChI=1S/C20H17N3O5/c1-12-6-8-13(9-7-12)19(26)23-22-18(25)11-28-20(27)15-10-17(24)21-16-5-3-2-4-14(15)16/h2-10H,11H2,1H3,(H,21,24)(H,22,25)(H,23,26). The molecule has 3 aromatic rings. The molecule has 28 heavy (non-hydrogen) atoms. The van der Waals surface area contributed by atoms with Gasteiger partial charge in [-0.2, -0.15) is 0 Å². The maximum Gasteiger partial charge on any atom is 0.339 e. The van der Waals surface area contributed by atoms with Gasteiger partial charge < -0.3 is 9.72 Å². The molecule has 3 rings (SSSR count). The van der Waals surface area contributed by atoms with E-state index in [1.54, 1.807) is 48.5 Å². The molecule has 2 aromatic carbocycles. The second kappa shape index (κ2) is 8.17. The SMILES string of the molecule is Cc1ccc(C(=O)NNC(=O)COC(=O)c2cc(=O)[nH]c3ccccc23)cc1. The number of esters is 1. The molecule has 0 aliphatic carbocycles. The lowest BCUT2D eigenvalue weighted by Crippen LogP contribution is -2.43. The van der Waals surface area contributed by atoms with E-state index in [-0.39, 0.29) is 5.56 Å². The summed E-state index contributed by atoms with van der Waals surface area (Å²) in [7, 11) is 0. The Balaban J connectivity index is 1.57. The Morgan fingerprint density at radius 1 is 1.00 bits per heavy atom. The Morgan fingerprint density at radius 3 is 2.46 bits per heavy atom. The van der Waals surface area contributed by atoms with E-state index >= 15 is 0 Å². The van der Waals surface area contributed by atoms with Crippen LogP contribution in [0.3, 0.4) is 0 Å². The molecule has 0 aliphatic rings. The Kier molecular flexibility index (Phi) is 5.50. The van der Waals surface area contributed by atoms with Gasteiger partial charge in [-0.1, -0.05) is 35.9 Å². The molecular weight excluding hydrogens is 362 g/mol. The number of hydrazine groups is 1. The number of hydrogen-bond donors (Lipinski definition) is 3. The van der Waals surface area contributed by atoms with Gasteiger partial charge >= 0.3 is 5.97 Å². The van der Waals surface area contributed by atoms with E-state index in [0.29, 0.717) is 16.5 Å². The summed E-state index contributed by atoms with van der Waals surface area (Å²) in [5.41, 5.74) is 5.85. The third-order valence-corrected chi connectivity index (χ3v) is 3.93. The van der Waals surface area contributed by atoms with Crippen molar-refractivity contribution < 1.29 is 19.1 Å². The first-order chi connectivity index (χ1) is 13.4. The number of fused-ring (bicyclic) bond motifs is 1. The predicted octanol–water partition coefficient (Wildman–Crippen LogP) is 1.45. The highest BCUT2D eigenvalue weighted by atomic mass is 16.5. The third kappa shape index (κ3) is 4.42. The summed E-state index contributed by atoms with van der Waals surface area (Å²) in [6.07, 6.45) is 0. The first-order valence-corrected chi connectivity index (χ1v) is 8.39. The van der Waals surface area contributed by atoms with E-state index in [0.717, 1.165) is 11.6 Å². The Hall–Kier alpha value is -3.94. The van der Waals surface area contributed by atoms with Crippen molar-refractivity contribution >= 4 is 28.7 Å². The van der Waals surface area contributed by atoms with Crippen LogP contribution >= 0.6 is 0 Å². The smallest absolute Gasteiger partial charge is 0.339 e. The van der Waals surface area contributed by atoms with Crippen LogP contribution in [0.1, 0.15) is 26.3 Å². The minimum absolute atomic E-state index is 0.0517. The second-order valence-corrected chi connectivity index (χ2v) is 6.04. The zero-order valence-electron chi connectivity index (χ0n) is 14.9. The van der Waals surface area contributed by atoms with Gasteiger partial charge in [0.2, 0.25) is 5.56 Å². The van der Waals surface area contributed by atoms with Crippen molar-refractivity contribution in [1.29, 1.82) is 0 Å². The lowest BCUT2D eigenvalue weighted by atomic mass is 10.1. The van der Waals surface area contributed by atoms with Crippen molar-refractivity contribution in [2.24, 2.45) is 0 Å². The number of carbonyl (C=O) groups excluding carboxylic acids is 3. The van der Waals surface area contributed by atoms with Crippen LogP contribution in [0, 0.1) is 6.92 Å². The van der Waals surface area contributed by atoms with Crippen molar-refractivity contribution in [3.63, 3.8) is 0 Å². The number of aryl methyl sites for hydroxylation is 1. The van der Waals surface area contributed by atoms with Gasteiger partial charge in [-0.05, 0) is 25.1 Å². The topological polar surface area (TPSA) is 117 Å². The number of nitrogens with one attached hydrogen (secondary N) is 3. The number of aromatic amines is 1. The predicted molar refractivity (Wildman–Crippen MR) is 102 cm³/mol. The Morgan fingerprint density at radius 2 is 1.71 bits per heavy atom. The normalized spacial score (nSPS) is 10.3. The highest BCUT2D eigenvalue weighted by molar-refractivity contribution is 6.03. The van der Waals surface area contributed by atoms with Gasteiger partial charge in [0.25, 0.3) is 11.8 Å². The molecule has 3 N–H and O–H groups in total. The van der Waals surface area contributed by atoms with E-state index in [4.69, 9.17) is 4.74 Å². The van der Waals surface area contributed by atoms with Crippen LogP contribution in [0.5, 0.6) is 0 Å². The maximum atomic E-state index is 12.3. The molecule has 0 bridgehead atoms. The van der Waals surface area contributed by atoms with E-state index in [1.165, 1.54) is 0 Å². The van der Waals surface area contributed by atoms with Crippen molar-refractivity contribution in [1.82, 2.24) is 15.8 Å². The van der Waals surface area contributed by atoms with E-state index in [1.807, 2.05) is 6.92 Å². The molecule has 142 valence electrons. The fourth-order valence-electron chi connectivity index (χ4n) is 2.52. The largest absolute Gasteiger partial charge is 0.452 e. The molecule has 1 aromatic heterocycles. The quantitative estimate of drug-likeness (QED) is 0.469. The lowest BCUT2D eigenvalue weighted by molar-refractivity contribution is -0.125. The number of carbonyl (C=O) groups is 3. The number of hydrogen-bond acceptors (Lipinski definition) is 5. The fraction of sp³-hybridized carbons (Fsp3) is 0.100. The van der Waals surface area contributed by atoms with Crippen LogP contribution in [-0.2, 0) is 9.53 Å². The van der Waals surface area contributed by atoms with Crippen LogP contribution in [0.15, 0.2) is 59.4 Å². The fourth-order valence-corrected chi connectivity index (χ4v) is 2.52. The number of ether oxygens (including phenoxy) is 1. The van der Waals surface area contributed by atoms with Crippen LogP contribution in [0.25, 0.3) is 10.9 Å². The molecule has 0 fully saturated rings. The van der Waals surface area contributed by atoms with Gasteiger partial charge in [0.15, 0.2) is 6.61 Å². The Bertz CT molecular complexity index is 1100. The van der Waals surface area contributed by atoms with Gasteiger partial charge in [-0.25, -0.2) is 4.79 Å². The van der Waals surface area contributed by atoms with Crippen molar-refractivity contribution in [3.8, 4) is 0 Å². The zero-order chi connectivity index (χ0) is 20.1. The summed E-state index contributed by atoms with van der Waals surface area (Å²) in [5, 5.41) is 0.500. The number of benzene rings is 2. The average Bonchev–Trinajstić information content (AvgIpc) is 2.70. The molecule has 0 saturated carbocycles. The first-order valence-electron chi connectivity index (χ1n) is 8.39. The number of pyridine rings is 1. The van der Waals surface area contributed by atoms with Gasteiger partial charge in [-0.3, -0.25) is 25.2 Å². The molecule has 0 radical (unpaired) electrons. The second-order valence-electron chi connectivity index (χ2n) is 6.04. The van der Waals surface area contributed by atoms with Crippen LogP contribution in [0.4, 0.5) is 0 Å². The molecule has 1 heterocycles. The Labute approximate surface area is 159 Å². The summed E-state index contributed by atoms with van der Waals surface area (Å²) >= 11 is 0. The first kappa shape index (κ1) is 18.8. The number of amides is 2.